The van der Waals surface area contributed by atoms with Gasteiger partial charge in [-0.2, -0.15) is 4.63 Å². The highest BCUT2D eigenvalue weighted by molar-refractivity contribution is 5.78. The highest BCUT2D eigenvalue weighted by atomic mass is 17.0. The van der Waals surface area contributed by atoms with Crippen molar-refractivity contribution >= 4 is 5.97 Å². The van der Waals surface area contributed by atoms with Gasteiger partial charge in [-0.15, -0.1) is 0 Å². The van der Waals surface area contributed by atoms with Crippen LogP contribution in [0.25, 0.3) is 0 Å². The molecule has 1 aliphatic heterocycles. The molecule has 8 atom stereocenters. The van der Waals surface area contributed by atoms with Gasteiger partial charge < -0.3 is 14.7 Å². The van der Waals surface area contributed by atoms with E-state index in [2.05, 4.69) is 59.6 Å². The Kier molecular flexibility index (Phi) is 6.66. The maximum Gasteiger partial charge on any atom is 0.315 e. The zero-order valence-corrected chi connectivity index (χ0v) is 27.9. The largest absolute Gasteiger partial charge is 0.425 e. The molecule has 1 saturated heterocycles. The number of esters is 1. The lowest BCUT2D eigenvalue weighted by molar-refractivity contribution is -0.208. The van der Waals surface area contributed by atoms with Crippen LogP contribution in [0.4, 0.5) is 0 Å². The molecule has 8 heteroatoms. The van der Waals surface area contributed by atoms with Gasteiger partial charge in [0.15, 0.2) is 0 Å². The van der Waals surface area contributed by atoms with Crippen LogP contribution in [0.5, 0.6) is 0 Å². The molecule has 0 spiro atoms. The molecule has 1 aromatic rings. The van der Waals surface area contributed by atoms with Crippen LogP contribution in [-0.2, 0) is 9.53 Å². The molecule has 5 fully saturated rings. The summed E-state index contributed by atoms with van der Waals surface area (Å²) in [6.45, 7) is 18.9. The number of aliphatic hydroxyl groups excluding tert-OH is 1. The standard InChI is InChI=1S/C35H57N3O5/c1-30(2)16-18-35(29(40)41-23-42-38-37(43-38)36-20-8-9-21-36)19-17-33(6)24(25(35)22-30)10-11-27-32(5)14-13-28(39)31(3,4)26(32)12-15-34(27,33)7/h10,25-28,39H,8-9,11-23H2,1-7H3/t25?,26?,27-,28+,32+,33-,34-,35?,37?,38?/m1/s1. The van der Waals surface area contributed by atoms with Gasteiger partial charge >= 0.3 is 5.97 Å². The van der Waals surface area contributed by atoms with Gasteiger partial charge in [0, 0.05) is 18.1 Å². The normalized spacial score (nSPS) is 44.9. The fourth-order valence-corrected chi connectivity index (χ4v) is 12.0. The van der Waals surface area contributed by atoms with Crippen molar-refractivity contribution < 1.29 is 24.1 Å². The van der Waals surface area contributed by atoms with E-state index in [1.165, 1.54) is 17.9 Å². The summed E-state index contributed by atoms with van der Waals surface area (Å²) < 4.78 is 11.4. The number of hydrogen-bond acceptors (Lipinski definition) is 6. The number of aromatic nitrogens is 2. The third-order valence-corrected chi connectivity index (χ3v) is 15.0. The smallest absolute Gasteiger partial charge is 0.315 e. The predicted octanol–water partition coefficient (Wildman–Crippen LogP) is 6.71. The molecular formula is C35H57N3O5. The fraction of sp³-hybridized carbons (Fsp3) is 0.914. The molecule has 1 aromatic heterocycles. The molecule has 0 aromatic carbocycles. The van der Waals surface area contributed by atoms with Crippen LogP contribution in [0.15, 0.2) is 16.3 Å². The number of carbonyl (C=O) groups excluding carboxylic acids is 1. The summed E-state index contributed by atoms with van der Waals surface area (Å²) in [6, 6.07) is 0. The number of ether oxygens (including phenoxy) is 1. The van der Waals surface area contributed by atoms with Crippen LogP contribution in [0, 0.1) is 50.2 Å². The van der Waals surface area contributed by atoms with E-state index in [0.717, 1.165) is 77.3 Å². The first-order valence-corrected chi connectivity index (χ1v) is 17.4. The molecule has 4 saturated carbocycles. The molecule has 2 heterocycles. The Hall–Kier alpha value is -1.83. The lowest BCUT2D eigenvalue weighted by Crippen LogP contribution is -2.65. The van der Waals surface area contributed by atoms with Gasteiger partial charge in [0.05, 0.1) is 11.5 Å². The summed E-state index contributed by atoms with van der Waals surface area (Å²) in [5.41, 5.74) is 1.67. The monoisotopic (exact) mass is 599 g/mol. The summed E-state index contributed by atoms with van der Waals surface area (Å²) >= 11 is 0. The SMILES string of the molecule is CC1(C)CCC2(C(=O)OCOn3on3N3CCCC3)CC[C@]3(C)C(=CC[C@@H]4[C@@]5(C)CC[C@H](O)C(C)(C)C5CC[C@]43C)C2C1. The number of hydrogen-bond donors (Lipinski definition) is 1. The van der Waals surface area contributed by atoms with Crippen molar-refractivity contribution in [3.8, 4) is 0 Å². The number of rotatable bonds is 5. The van der Waals surface area contributed by atoms with Gasteiger partial charge in [-0.05, 0) is 122 Å². The summed E-state index contributed by atoms with van der Waals surface area (Å²) in [5, 5.41) is 14.4. The number of carbonyl (C=O) groups is 1. The summed E-state index contributed by atoms with van der Waals surface area (Å²) in [5.74, 6) is 1.25. The molecule has 43 heavy (non-hydrogen) atoms. The van der Waals surface area contributed by atoms with Crippen molar-refractivity contribution in [3.05, 3.63) is 11.6 Å². The lowest BCUT2D eigenvalue weighted by atomic mass is 9.33. The van der Waals surface area contributed by atoms with E-state index in [9.17, 15) is 9.90 Å². The van der Waals surface area contributed by atoms with Crippen LogP contribution in [0.2, 0.25) is 0 Å². The maximum atomic E-state index is 14.2. The zero-order chi connectivity index (χ0) is 30.6. The average molecular weight is 600 g/mol. The van der Waals surface area contributed by atoms with E-state index in [-0.39, 0.29) is 51.9 Å². The summed E-state index contributed by atoms with van der Waals surface area (Å²) in [6.07, 6.45) is 15.1. The minimum Gasteiger partial charge on any atom is -0.425 e. The van der Waals surface area contributed by atoms with Crippen molar-refractivity contribution in [2.45, 2.75) is 132 Å². The van der Waals surface area contributed by atoms with Crippen molar-refractivity contribution in [2.75, 3.05) is 24.9 Å². The number of allylic oxidation sites excluding steroid dienone is 2. The number of aliphatic hydroxyl groups is 1. The molecule has 242 valence electrons. The Morgan fingerprint density at radius 3 is 2.42 bits per heavy atom. The quantitative estimate of drug-likeness (QED) is 0.230. The summed E-state index contributed by atoms with van der Waals surface area (Å²) in [4.78, 5) is 21.4. The van der Waals surface area contributed by atoms with E-state index in [1.807, 2.05) is 0 Å². The van der Waals surface area contributed by atoms with Gasteiger partial charge in [-0.1, -0.05) is 60.1 Å². The van der Waals surface area contributed by atoms with Gasteiger partial charge in [0.2, 0.25) is 0 Å². The molecule has 0 radical (unpaired) electrons. The highest BCUT2D eigenvalue weighted by Gasteiger charge is 2.69. The molecule has 7 rings (SSSR count). The van der Waals surface area contributed by atoms with Crippen molar-refractivity contribution in [1.82, 2.24) is 9.98 Å². The number of fused-ring (bicyclic) bond motifs is 7. The van der Waals surface area contributed by atoms with Crippen LogP contribution in [0.3, 0.4) is 0 Å². The van der Waals surface area contributed by atoms with Gasteiger partial charge in [-0.3, -0.25) is 9.80 Å². The average Bonchev–Trinajstić information content (AvgIpc) is 3.49. The van der Waals surface area contributed by atoms with E-state index < -0.39 is 5.41 Å². The minimum atomic E-state index is -0.486. The van der Waals surface area contributed by atoms with Crippen molar-refractivity contribution in [3.63, 3.8) is 0 Å². The van der Waals surface area contributed by atoms with Gasteiger partial charge in [0.25, 0.3) is 6.79 Å². The second kappa shape index (κ2) is 9.59. The summed E-state index contributed by atoms with van der Waals surface area (Å²) in [7, 11) is 0. The Balaban J connectivity index is 1.15. The lowest BCUT2D eigenvalue weighted by Gasteiger charge is -2.71. The van der Waals surface area contributed by atoms with Gasteiger partial charge in [0.1, 0.15) is 5.02 Å². The second-order valence-electron chi connectivity index (χ2n) is 17.7. The fourth-order valence-electron chi connectivity index (χ4n) is 12.0. The second-order valence-corrected chi connectivity index (χ2v) is 17.7. The topological polar surface area (TPSA) is 82.0 Å². The third-order valence-electron chi connectivity index (χ3n) is 15.0. The van der Waals surface area contributed by atoms with Crippen molar-refractivity contribution in [1.29, 1.82) is 0 Å². The molecule has 0 amide bonds. The Morgan fingerprint density at radius 1 is 0.953 bits per heavy atom. The molecule has 5 aliphatic carbocycles. The van der Waals surface area contributed by atoms with Crippen LogP contribution in [-0.4, -0.2) is 47.0 Å². The zero-order valence-electron chi connectivity index (χ0n) is 27.9. The molecule has 0 bridgehead atoms. The van der Waals surface area contributed by atoms with Gasteiger partial charge in [-0.25, -0.2) is 0 Å². The first-order valence-electron chi connectivity index (χ1n) is 17.4. The van der Waals surface area contributed by atoms with E-state index in [1.54, 1.807) is 10.5 Å². The molecule has 3 unspecified atom stereocenters. The van der Waals surface area contributed by atoms with Crippen LogP contribution < -0.4 is 9.85 Å². The molecular weight excluding hydrogens is 542 g/mol. The molecule has 8 nitrogen and oxygen atoms in total. The molecule has 1 N–H and O–H groups in total. The first kappa shape index (κ1) is 29.9. The minimum absolute atomic E-state index is 0.0479. The maximum absolute atomic E-state index is 14.2. The van der Waals surface area contributed by atoms with Crippen LogP contribution in [0.1, 0.15) is 126 Å². The Morgan fingerprint density at radius 2 is 1.67 bits per heavy atom. The Bertz CT molecular complexity index is 1270. The third kappa shape index (κ3) is 4.19. The molecule has 6 aliphatic rings. The van der Waals surface area contributed by atoms with E-state index in [4.69, 9.17) is 14.2 Å². The first-order chi connectivity index (χ1) is 20.2. The van der Waals surface area contributed by atoms with E-state index in [0.29, 0.717) is 11.8 Å². The van der Waals surface area contributed by atoms with Crippen molar-refractivity contribution in [2.24, 2.45) is 50.2 Å². The predicted molar refractivity (Wildman–Crippen MR) is 164 cm³/mol. The number of nitrogens with zero attached hydrogens (tertiary/aromatic N) is 3. The Labute approximate surface area is 258 Å². The van der Waals surface area contributed by atoms with Crippen LogP contribution >= 0.6 is 0 Å². The van der Waals surface area contributed by atoms with E-state index >= 15 is 0 Å². The highest BCUT2D eigenvalue weighted by Crippen LogP contribution is 2.75.